The number of H-pyrrole nitrogens is 1. The molecule has 2 aromatic heterocycles. The van der Waals surface area contributed by atoms with E-state index in [0.717, 1.165) is 5.56 Å². The van der Waals surface area contributed by atoms with Gasteiger partial charge in [-0.15, -0.1) is 0 Å². The average Bonchev–Trinajstić information content (AvgIpc) is 2.78. The normalized spacial score (nSPS) is 15.2. The lowest BCUT2D eigenvalue weighted by Gasteiger charge is -2.28. The Balaban J connectivity index is 1.75. The number of benzene rings is 1. The maximum Gasteiger partial charge on any atom is 0.336 e. The van der Waals surface area contributed by atoms with Crippen molar-refractivity contribution in [1.82, 2.24) is 15.0 Å². The first-order valence-electron chi connectivity index (χ1n) is 10.0. The zero-order chi connectivity index (χ0) is 22.7. The fourth-order valence-corrected chi connectivity index (χ4v) is 4.77. The average molecular weight is 469 g/mol. The number of aromatic nitrogens is 3. The second-order valence-corrected chi connectivity index (χ2v) is 8.49. The molecule has 0 amide bonds. The number of anilines is 1. The number of hydrogen-bond acceptors (Lipinski definition) is 7. The van der Waals surface area contributed by atoms with Crippen LogP contribution in [0.1, 0.15) is 36.5 Å². The van der Waals surface area contributed by atoms with E-state index in [1.807, 2.05) is 30.3 Å². The van der Waals surface area contributed by atoms with Gasteiger partial charge in [0.15, 0.2) is 5.16 Å². The van der Waals surface area contributed by atoms with Crippen LogP contribution < -0.4 is 10.9 Å². The second-order valence-electron chi connectivity index (χ2n) is 7.12. The van der Waals surface area contributed by atoms with Crippen LogP contribution in [-0.4, -0.2) is 27.5 Å². The monoisotopic (exact) mass is 468 g/mol. The molecule has 9 heteroatoms. The van der Waals surface area contributed by atoms with Gasteiger partial charge >= 0.3 is 5.97 Å². The van der Waals surface area contributed by atoms with Gasteiger partial charge in [0.2, 0.25) is 0 Å². The molecule has 7 nitrogen and oxygen atoms in total. The van der Waals surface area contributed by atoms with Crippen molar-refractivity contribution >= 4 is 35.1 Å². The van der Waals surface area contributed by atoms with Gasteiger partial charge in [-0.25, -0.2) is 9.78 Å². The number of carbonyl (C=O) groups excluding carboxylic acids is 1. The summed E-state index contributed by atoms with van der Waals surface area (Å²) in [7, 11) is 0. The van der Waals surface area contributed by atoms with Crippen molar-refractivity contribution in [2.75, 3.05) is 11.9 Å². The number of esters is 1. The van der Waals surface area contributed by atoms with Crippen LogP contribution in [0.25, 0.3) is 0 Å². The molecule has 1 unspecified atom stereocenters. The van der Waals surface area contributed by atoms with Crippen LogP contribution in [0.15, 0.2) is 70.0 Å². The number of hydrogen-bond donors (Lipinski definition) is 2. The highest BCUT2D eigenvalue weighted by Gasteiger charge is 2.36. The number of thioether (sulfide) groups is 1. The number of carbonyl (C=O) groups is 1. The summed E-state index contributed by atoms with van der Waals surface area (Å²) in [6.07, 6.45) is 3.29. The Morgan fingerprint density at radius 2 is 2.06 bits per heavy atom. The molecule has 1 atom stereocenters. The molecular weight excluding hydrogens is 448 g/mol. The van der Waals surface area contributed by atoms with Crippen molar-refractivity contribution in [3.8, 4) is 0 Å². The summed E-state index contributed by atoms with van der Waals surface area (Å²) in [5, 5.41) is 4.24. The number of aromatic amines is 1. The van der Waals surface area contributed by atoms with E-state index < -0.39 is 11.9 Å². The maximum atomic E-state index is 13.2. The fraction of sp³-hybridized carbons (Fsp3) is 0.217. The highest BCUT2D eigenvalue weighted by atomic mass is 35.5. The molecule has 164 valence electrons. The van der Waals surface area contributed by atoms with Crippen LogP contribution in [0, 0.1) is 0 Å². The highest BCUT2D eigenvalue weighted by Crippen LogP contribution is 2.40. The van der Waals surface area contributed by atoms with E-state index >= 15 is 0 Å². The van der Waals surface area contributed by atoms with Crippen LogP contribution >= 0.6 is 23.4 Å². The molecule has 32 heavy (non-hydrogen) atoms. The standard InChI is InChI=1S/C23H21ClN4O3S/c1-3-31-22(30)17-13(2)26-20-19(18(17)14-8-6-10-25-11-14)21(29)28-23(27-20)32-12-15-7-4-5-9-16(15)24/h4-11,18H,3,12H2,1-2H3,(H2,26,27,28,29). The van der Waals surface area contributed by atoms with Gasteiger partial charge in [0.25, 0.3) is 5.56 Å². The van der Waals surface area contributed by atoms with Gasteiger partial charge in [0, 0.05) is 28.9 Å². The van der Waals surface area contributed by atoms with Gasteiger partial charge in [-0.05, 0) is 37.1 Å². The molecule has 0 aliphatic carbocycles. The van der Waals surface area contributed by atoms with Crippen molar-refractivity contribution < 1.29 is 9.53 Å². The molecule has 0 bridgehead atoms. The number of nitrogens with one attached hydrogen (secondary N) is 2. The molecule has 0 fully saturated rings. The van der Waals surface area contributed by atoms with Crippen LogP contribution in [0.3, 0.4) is 0 Å². The summed E-state index contributed by atoms with van der Waals surface area (Å²) >= 11 is 7.62. The molecule has 3 aromatic rings. The van der Waals surface area contributed by atoms with Gasteiger partial charge in [-0.3, -0.25) is 9.78 Å². The topological polar surface area (TPSA) is 97.0 Å². The van der Waals surface area contributed by atoms with Crippen LogP contribution in [0.5, 0.6) is 0 Å². The molecule has 0 saturated heterocycles. The Morgan fingerprint density at radius 3 is 2.78 bits per heavy atom. The predicted molar refractivity (Wildman–Crippen MR) is 125 cm³/mol. The van der Waals surface area contributed by atoms with Crippen molar-refractivity contribution in [2.45, 2.75) is 30.7 Å². The third kappa shape index (κ3) is 4.42. The van der Waals surface area contributed by atoms with E-state index in [0.29, 0.717) is 44.1 Å². The Kier molecular flexibility index (Phi) is 6.62. The molecule has 1 aliphatic rings. The van der Waals surface area contributed by atoms with Crippen molar-refractivity contribution in [1.29, 1.82) is 0 Å². The molecule has 0 spiro atoms. The van der Waals surface area contributed by atoms with Gasteiger partial charge in [-0.1, -0.05) is 47.6 Å². The molecular formula is C23H21ClN4O3S. The van der Waals surface area contributed by atoms with Crippen molar-refractivity contribution in [3.63, 3.8) is 0 Å². The Morgan fingerprint density at radius 1 is 1.25 bits per heavy atom. The summed E-state index contributed by atoms with van der Waals surface area (Å²) in [5.74, 6) is -0.155. The first kappa shape index (κ1) is 22.1. The molecule has 3 heterocycles. The lowest BCUT2D eigenvalue weighted by molar-refractivity contribution is -0.138. The number of fused-ring (bicyclic) bond motifs is 1. The quantitative estimate of drug-likeness (QED) is 0.312. The number of ether oxygens (including phenoxy) is 1. The minimum absolute atomic E-state index is 0.231. The SMILES string of the molecule is CCOC(=O)C1=C(C)Nc2nc(SCc3ccccc3Cl)[nH]c(=O)c2C1c1cccnc1. The van der Waals surface area contributed by atoms with Gasteiger partial charge < -0.3 is 15.0 Å². The summed E-state index contributed by atoms with van der Waals surface area (Å²) in [4.78, 5) is 37.6. The summed E-state index contributed by atoms with van der Waals surface area (Å²) in [6.45, 7) is 3.75. The molecule has 1 aliphatic heterocycles. The van der Waals surface area contributed by atoms with E-state index in [4.69, 9.17) is 16.3 Å². The molecule has 1 aromatic carbocycles. The van der Waals surface area contributed by atoms with Gasteiger partial charge in [0.1, 0.15) is 5.82 Å². The van der Waals surface area contributed by atoms with E-state index in [9.17, 15) is 9.59 Å². The number of rotatable bonds is 6. The van der Waals surface area contributed by atoms with E-state index in [2.05, 4.69) is 20.3 Å². The number of halogens is 1. The first-order valence-corrected chi connectivity index (χ1v) is 11.4. The third-order valence-electron chi connectivity index (χ3n) is 5.06. The van der Waals surface area contributed by atoms with Gasteiger partial charge in [0.05, 0.1) is 23.7 Å². The van der Waals surface area contributed by atoms with Gasteiger partial charge in [-0.2, -0.15) is 0 Å². The Hall–Kier alpha value is -3.10. The second kappa shape index (κ2) is 9.58. The highest BCUT2D eigenvalue weighted by molar-refractivity contribution is 7.98. The molecule has 0 saturated carbocycles. The summed E-state index contributed by atoms with van der Waals surface area (Å²) in [6, 6.07) is 11.1. The van der Waals surface area contributed by atoms with Crippen LogP contribution in [-0.2, 0) is 15.3 Å². The van der Waals surface area contributed by atoms with Crippen LogP contribution in [0.4, 0.5) is 5.82 Å². The molecule has 2 N–H and O–H groups in total. The number of nitrogens with zero attached hydrogens (tertiary/aromatic N) is 2. The number of pyridine rings is 1. The third-order valence-corrected chi connectivity index (χ3v) is 6.35. The van der Waals surface area contributed by atoms with Crippen molar-refractivity contribution in [3.05, 3.63) is 92.1 Å². The van der Waals surface area contributed by atoms with E-state index in [-0.39, 0.29) is 12.2 Å². The summed E-state index contributed by atoms with van der Waals surface area (Å²) < 4.78 is 5.27. The Labute approximate surface area is 194 Å². The number of allylic oxidation sites excluding steroid dienone is 1. The zero-order valence-electron chi connectivity index (χ0n) is 17.5. The predicted octanol–water partition coefficient (Wildman–Crippen LogP) is 4.51. The minimum Gasteiger partial charge on any atom is -0.463 e. The smallest absolute Gasteiger partial charge is 0.336 e. The van der Waals surface area contributed by atoms with Crippen molar-refractivity contribution in [2.24, 2.45) is 0 Å². The van der Waals surface area contributed by atoms with E-state index in [1.165, 1.54) is 11.8 Å². The zero-order valence-corrected chi connectivity index (χ0v) is 19.1. The van der Waals surface area contributed by atoms with E-state index in [1.54, 1.807) is 32.3 Å². The summed E-state index contributed by atoms with van der Waals surface area (Å²) in [5.41, 5.74) is 2.64. The molecule has 0 radical (unpaired) electrons. The largest absolute Gasteiger partial charge is 0.463 e. The Bertz CT molecular complexity index is 1240. The lowest BCUT2D eigenvalue weighted by Crippen LogP contribution is -2.31. The molecule has 4 rings (SSSR count). The van der Waals surface area contributed by atoms with Crippen LogP contribution in [0.2, 0.25) is 5.02 Å². The minimum atomic E-state index is -0.641. The fourth-order valence-electron chi connectivity index (χ4n) is 3.62. The lowest BCUT2D eigenvalue weighted by atomic mass is 9.83. The first-order chi connectivity index (χ1) is 15.5. The maximum absolute atomic E-state index is 13.2.